The third kappa shape index (κ3) is 9.46. The van der Waals surface area contributed by atoms with Gasteiger partial charge in [-0.05, 0) is 26.2 Å². The van der Waals surface area contributed by atoms with Gasteiger partial charge >= 0.3 is 0 Å². The summed E-state index contributed by atoms with van der Waals surface area (Å²) in [6.07, 6.45) is 5.13. The van der Waals surface area contributed by atoms with Gasteiger partial charge in [-0.1, -0.05) is 20.8 Å². The molecule has 0 spiro atoms. The minimum atomic E-state index is -0.0279. The maximum Gasteiger partial charge on any atom is 0.216 e. The molecule has 0 aliphatic carbocycles. The van der Waals surface area contributed by atoms with E-state index in [1.807, 2.05) is 0 Å². The van der Waals surface area contributed by atoms with Gasteiger partial charge in [0, 0.05) is 32.2 Å². The van der Waals surface area contributed by atoms with E-state index >= 15 is 0 Å². The number of halogens is 1. The molecule has 0 aromatic carbocycles. The van der Waals surface area contributed by atoms with Gasteiger partial charge in [0.25, 0.3) is 0 Å². The van der Waals surface area contributed by atoms with E-state index in [9.17, 15) is 0 Å². The number of methoxy groups -OCH3 is 1. The lowest BCUT2D eigenvalue weighted by Gasteiger charge is -2.13. The molecular formula is C17H33IN4O2. The smallest absolute Gasteiger partial charge is 0.216 e. The van der Waals surface area contributed by atoms with Crippen LogP contribution in [0, 0.1) is 0 Å². The first-order valence-electron chi connectivity index (χ1n) is 8.43. The highest BCUT2D eigenvalue weighted by Crippen LogP contribution is 2.22. The molecule has 1 rings (SSSR count). The molecule has 0 fully saturated rings. The number of aromatic nitrogens is 1. The second kappa shape index (κ2) is 12.5. The predicted molar refractivity (Wildman–Crippen MR) is 109 cm³/mol. The fraction of sp³-hybridized carbons (Fsp3) is 0.765. The lowest BCUT2D eigenvalue weighted by Crippen LogP contribution is -2.37. The van der Waals surface area contributed by atoms with E-state index in [0.717, 1.165) is 50.7 Å². The Bertz CT molecular complexity index is 469. The minimum absolute atomic E-state index is 0. The quantitative estimate of drug-likeness (QED) is 0.260. The van der Waals surface area contributed by atoms with Gasteiger partial charge in [0.2, 0.25) is 5.89 Å². The summed E-state index contributed by atoms with van der Waals surface area (Å²) in [7, 11) is 1.74. The first-order chi connectivity index (χ1) is 11.0. The maximum absolute atomic E-state index is 5.76. The molecule has 7 heteroatoms. The molecule has 0 unspecified atom stereocenters. The maximum atomic E-state index is 5.76. The van der Waals surface area contributed by atoms with Crippen molar-refractivity contribution in [2.24, 2.45) is 4.99 Å². The van der Waals surface area contributed by atoms with E-state index < -0.39 is 0 Å². The average Bonchev–Trinajstić information content (AvgIpc) is 2.97. The summed E-state index contributed by atoms with van der Waals surface area (Å²) in [5, 5.41) is 6.57. The van der Waals surface area contributed by atoms with Crippen LogP contribution in [0.3, 0.4) is 0 Å². The molecule has 6 nitrogen and oxygen atoms in total. The van der Waals surface area contributed by atoms with Crippen LogP contribution in [0.4, 0.5) is 0 Å². The fourth-order valence-corrected chi connectivity index (χ4v) is 1.97. The standard InChI is InChI=1S/C17H32N4O2.HI/c1-6-18-16(19-10-8-7-9-11-22-5)21-13-15-20-12-14(23-15)17(2,3)4;/h12H,6-11,13H2,1-5H3,(H2,18,19,21);1H. The Hall–Kier alpha value is -0.830. The van der Waals surface area contributed by atoms with Gasteiger partial charge in [0.1, 0.15) is 12.3 Å². The topological polar surface area (TPSA) is 71.7 Å². The molecule has 0 amide bonds. The van der Waals surface area contributed by atoms with Gasteiger partial charge < -0.3 is 19.8 Å². The Morgan fingerprint density at radius 1 is 1.25 bits per heavy atom. The first-order valence-corrected chi connectivity index (χ1v) is 8.43. The molecule has 1 aromatic heterocycles. The molecule has 0 saturated carbocycles. The van der Waals surface area contributed by atoms with Crippen LogP contribution in [0.2, 0.25) is 0 Å². The Balaban J connectivity index is 0.00000529. The molecule has 0 atom stereocenters. The van der Waals surface area contributed by atoms with Crippen LogP contribution in [-0.4, -0.2) is 37.7 Å². The number of oxazole rings is 1. The van der Waals surface area contributed by atoms with Gasteiger partial charge in [-0.3, -0.25) is 0 Å². The number of nitrogens with zero attached hydrogens (tertiary/aromatic N) is 2. The third-order valence-electron chi connectivity index (χ3n) is 3.33. The van der Waals surface area contributed by atoms with Crippen molar-refractivity contribution in [2.75, 3.05) is 26.8 Å². The summed E-state index contributed by atoms with van der Waals surface area (Å²) >= 11 is 0. The van der Waals surface area contributed by atoms with Crippen LogP contribution in [0.15, 0.2) is 15.6 Å². The molecule has 140 valence electrons. The van der Waals surface area contributed by atoms with E-state index in [2.05, 4.69) is 48.3 Å². The zero-order valence-corrected chi connectivity index (χ0v) is 18.0. The SMILES string of the molecule is CCNC(=NCc1ncc(C(C)(C)C)o1)NCCCCCOC.I. The molecule has 0 saturated heterocycles. The Morgan fingerprint density at radius 3 is 2.58 bits per heavy atom. The van der Waals surface area contributed by atoms with Crippen molar-refractivity contribution in [3.63, 3.8) is 0 Å². The summed E-state index contributed by atoms with van der Waals surface area (Å²) in [5.41, 5.74) is -0.0279. The summed E-state index contributed by atoms with van der Waals surface area (Å²) in [6.45, 7) is 11.4. The number of aliphatic imine (C=N–C) groups is 1. The number of hydrogen-bond donors (Lipinski definition) is 2. The van der Waals surface area contributed by atoms with E-state index in [0.29, 0.717) is 12.4 Å². The van der Waals surface area contributed by atoms with Crippen molar-refractivity contribution in [3.05, 3.63) is 17.8 Å². The van der Waals surface area contributed by atoms with Crippen LogP contribution in [0.5, 0.6) is 0 Å². The van der Waals surface area contributed by atoms with E-state index in [-0.39, 0.29) is 29.4 Å². The zero-order chi connectivity index (χ0) is 17.1. The van der Waals surface area contributed by atoms with E-state index in [1.54, 1.807) is 13.3 Å². The van der Waals surface area contributed by atoms with Crippen molar-refractivity contribution in [1.29, 1.82) is 0 Å². The second-order valence-corrected chi connectivity index (χ2v) is 6.54. The molecule has 24 heavy (non-hydrogen) atoms. The highest BCUT2D eigenvalue weighted by Gasteiger charge is 2.18. The van der Waals surface area contributed by atoms with E-state index in [1.165, 1.54) is 0 Å². The normalized spacial score (nSPS) is 12.0. The molecular weight excluding hydrogens is 419 g/mol. The predicted octanol–water partition coefficient (Wildman–Crippen LogP) is 3.46. The van der Waals surface area contributed by atoms with Gasteiger partial charge in [0.15, 0.2) is 5.96 Å². The highest BCUT2D eigenvalue weighted by molar-refractivity contribution is 14.0. The monoisotopic (exact) mass is 452 g/mol. The van der Waals surface area contributed by atoms with Crippen LogP contribution < -0.4 is 10.6 Å². The third-order valence-corrected chi connectivity index (χ3v) is 3.33. The summed E-state index contributed by atoms with van der Waals surface area (Å²) in [4.78, 5) is 8.83. The zero-order valence-electron chi connectivity index (χ0n) is 15.6. The van der Waals surface area contributed by atoms with Crippen LogP contribution in [-0.2, 0) is 16.7 Å². The lowest BCUT2D eigenvalue weighted by molar-refractivity contribution is 0.192. The molecule has 0 aliphatic rings. The van der Waals surface area contributed by atoms with Gasteiger partial charge in [0.05, 0.1) is 6.20 Å². The van der Waals surface area contributed by atoms with Crippen molar-refractivity contribution in [2.45, 2.75) is 58.9 Å². The lowest BCUT2D eigenvalue weighted by atomic mass is 9.94. The largest absolute Gasteiger partial charge is 0.443 e. The van der Waals surface area contributed by atoms with Crippen LogP contribution >= 0.6 is 24.0 Å². The summed E-state index contributed by atoms with van der Waals surface area (Å²) in [5.74, 6) is 2.33. The van der Waals surface area contributed by atoms with Crippen molar-refractivity contribution >= 4 is 29.9 Å². The van der Waals surface area contributed by atoms with Gasteiger partial charge in [-0.15, -0.1) is 24.0 Å². The number of hydrogen-bond acceptors (Lipinski definition) is 4. The highest BCUT2D eigenvalue weighted by atomic mass is 127. The molecule has 2 N–H and O–H groups in total. The fourth-order valence-electron chi connectivity index (χ4n) is 1.97. The summed E-state index contributed by atoms with van der Waals surface area (Å²) < 4.78 is 10.8. The van der Waals surface area contributed by atoms with Crippen LogP contribution in [0.25, 0.3) is 0 Å². The average molecular weight is 452 g/mol. The number of guanidine groups is 1. The first kappa shape index (κ1) is 23.2. The number of rotatable bonds is 9. The minimum Gasteiger partial charge on any atom is -0.443 e. The molecule has 1 heterocycles. The second-order valence-electron chi connectivity index (χ2n) is 6.54. The number of nitrogens with one attached hydrogen (secondary N) is 2. The Labute approximate surface area is 163 Å². The van der Waals surface area contributed by atoms with Crippen molar-refractivity contribution in [1.82, 2.24) is 15.6 Å². The van der Waals surface area contributed by atoms with Crippen molar-refractivity contribution in [3.8, 4) is 0 Å². The van der Waals surface area contributed by atoms with Crippen LogP contribution in [0.1, 0.15) is 58.6 Å². The van der Waals surface area contributed by atoms with Gasteiger partial charge in [-0.2, -0.15) is 0 Å². The van der Waals surface area contributed by atoms with Gasteiger partial charge in [-0.25, -0.2) is 9.98 Å². The number of unbranched alkanes of at least 4 members (excludes halogenated alkanes) is 2. The molecule has 0 aliphatic heterocycles. The van der Waals surface area contributed by atoms with Crippen molar-refractivity contribution < 1.29 is 9.15 Å². The summed E-state index contributed by atoms with van der Waals surface area (Å²) in [6, 6.07) is 0. The Kier molecular flexibility index (Phi) is 12.1. The molecule has 1 aromatic rings. The Morgan fingerprint density at radius 2 is 2.00 bits per heavy atom. The van der Waals surface area contributed by atoms with E-state index in [4.69, 9.17) is 9.15 Å². The molecule has 0 radical (unpaired) electrons. The molecule has 0 bridgehead atoms. The number of ether oxygens (including phenoxy) is 1.